The lowest BCUT2D eigenvalue weighted by Crippen LogP contribution is -2.10. The second-order valence-electron chi connectivity index (χ2n) is 3.75. The minimum atomic E-state index is -0.296. The Morgan fingerprint density at radius 3 is 2.58 bits per heavy atom. The molecule has 0 saturated heterocycles. The van der Waals surface area contributed by atoms with E-state index in [1.165, 1.54) is 12.7 Å². The van der Waals surface area contributed by atoms with Crippen LogP contribution in [0.5, 0.6) is 0 Å². The third-order valence-electron chi connectivity index (χ3n) is 2.49. The molecule has 0 fully saturated rings. The van der Waals surface area contributed by atoms with E-state index in [4.69, 9.17) is 8.83 Å². The third-order valence-corrected chi connectivity index (χ3v) is 2.49. The molecule has 94 valence electrons. The SMILES string of the molecule is O=C(Nc1ccc(-c2nnco2)cc1)c1ccco1. The first-order chi connectivity index (χ1) is 9.33. The summed E-state index contributed by atoms with van der Waals surface area (Å²) in [6, 6.07) is 10.3. The summed E-state index contributed by atoms with van der Waals surface area (Å²) in [4.78, 5) is 11.7. The number of nitrogens with one attached hydrogen (secondary N) is 1. The quantitative estimate of drug-likeness (QED) is 0.777. The van der Waals surface area contributed by atoms with Crippen LogP contribution >= 0.6 is 0 Å². The first-order valence-electron chi connectivity index (χ1n) is 5.54. The molecule has 1 aromatic carbocycles. The average molecular weight is 255 g/mol. The van der Waals surface area contributed by atoms with Crippen molar-refractivity contribution in [3.8, 4) is 11.5 Å². The van der Waals surface area contributed by atoms with Crippen LogP contribution < -0.4 is 5.32 Å². The number of carbonyl (C=O) groups excluding carboxylic acids is 1. The van der Waals surface area contributed by atoms with Crippen LogP contribution in [0.15, 0.2) is 57.9 Å². The highest BCUT2D eigenvalue weighted by Gasteiger charge is 2.09. The Morgan fingerprint density at radius 2 is 1.95 bits per heavy atom. The summed E-state index contributed by atoms with van der Waals surface area (Å²) < 4.78 is 10.1. The zero-order valence-corrected chi connectivity index (χ0v) is 9.74. The molecular formula is C13H9N3O3. The van der Waals surface area contributed by atoms with E-state index in [0.717, 1.165) is 5.56 Å². The van der Waals surface area contributed by atoms with Gasteiger partial charge in [0.05, 0.1) is 6.26 Å². The van der Waals surface area contributed by atoms with Crippen molar-refractivity contribution >= 4 is 11.6 Å². The van der Waals surface area contributed by atoms with Crippen LogP contribution in [0.4, 0.5) is 5.69 Å². The summed E-state index contributed by atoms with van der Waals surface area (Å²) in [5.41, 5.74) is 1.44. The molecule has 6 nitrogen and oxygen atoms in total. The Morgan fingerprint density at radius 1 is 1.11 bits per heavy atom. The number of hydrogen-bond donors (Lipinski definition) is 1. The van der Waals surface area contributed by atoms with Crippen molar-refractivity contribution < 1.29 is 13.6 Å². The molecule has 0 aliphatic heterocycles. The van der Waals surface area contributed by atoms with E-state index in [2.05, 4.69) is 15.5 Å². The lowest BCUT2D eigenvalue weighted by molar-refractivity contribution is 0.0996. The molecule has 0 spiro atoms. The number of anilines is 1. The van der Waals surface area contributed by atoms with Gasteiger partial charge >= 0.3 is 0 Å². The predicted octanol–water partition coefficient (Wildman–Crippen LogP) is 2.58. The van der Waals surface area contributed by atoms with Gasteiger partial charge in [-0.2, -0.15) is 0 Å². The van der Waals surface area contributed by atoms with Crippen molar-refractivity contribution in [3.05, 3.63) is 54.8 Å². The molecule has 0 atom stereocenters. The van der Waals surface area contributed by atoms with Gasteiger partial charge in [0.15, 0.2) is 5.76 Å². The van der Waals surface area contributed by atoms with Gasteiger partial charge in [-0.3, -0.25) is 4.79 Å². The first kappa shape index (κ1) is 11.2. The van der Waals surface area contributed by atoms with Crippen molar-refractivity contribution in [3.63, 3.8) is 0 Å². The van der Waals surface area contributed by atoms with E-state index < -0.39 is 0 Å². The van der Waals surface area contributed by atoms with Crippen LogP contribution in [0.1, 0.15) is 10.6 Å². The minimum absolute atomic E-state index is 0.265. The zero-order valence-electron chi connectivity index (χ0n) is 9.74. The molecule has 0 saturated carbocycles. The van der Waals surface area contributed by atoms with Crippen molar-refractivity contribution in [1.29, 1.82) is 0 Å². The van der Waals surface area contributed by atoms with Crippen molar-refractivity contribution in [2.45, 2.75) is 0 Å². The van der Waals surface area contributed by atoms with Crippen molar-refractivity contribution in [2.24, 2.45) is 0 Å². The zero-order chi connectivity index (χ0) is 13.1. The first-order valence-corrected chi connectivity index (χ1v) is 5.54. The summed E-state index contributed by atoms with van der Waals surface area (Å²) in [7, 11) is 0. The van der Waals surface area contributed by atoms with Gasteiger partial charge in [-0.25, -0.2) is 0 Å². The van der Waals surface area contributed by atoms with E-state index in [0.29, 0.717) is 11.6 Å². The second-order valence-corrected chi connectivity index (χ2v) is 3.75. The number of carbonyl (C=O) groups is 1. The van der Waals surface area contributed by atoms with Crippen LogP contribution in [0.3, 0.4) is 0 Å². The maximum Gasteiger partial charge on any atom is 0.291 e. The molecule has 3 rings (SSSR count). The largest absolute Gasteiger partial charge is 0.459 e. The highest BCUT2D eigenvalue weighted by atomic mass is 16.4. The standard InChI is InChI=1S/C13H9N3O3/c17-12(11-2-1-7-18-11)15-10-5-3-9(4-6-10)13-16-14-8-19-13/h1-8H,(H,15,17). The predicted molar refractivity (Wildman–Crippen MR) is 66.4 cm³/mol. The molecule has 0 bridgehead atoms. The minimum Gasteiger partial charge on any atom is -0.459 e. The van der Waals surface area contributed by atoms with E-state index in [9.17, 15) is 4.79 Å². The monoisotopic (exact) mass is 255 g/mol. The maximum absolute atomic E-state index is 11.7. The molecule has 2 aromatic heterocycles. The molecule has 3 aromatic rings. The molecule has 0 aliphatic rings. The van der Waals surface area contributed by atoms with Gasteiger partial charge in [0.2, 0.25) is 12.3 Å². The number of furan rings is 1. The Labute approximate surface area is 108 Å². The van der Waals surface area contributed by atoms with Gasteiger partial charge in [-0.1, -0.05) is 0 Å². The third kappa shape index (κ3) is 2.37. The Balaban J connectivity index is 1.75. The lowest BCUT2D eigenvalue weighted by Gasteiger charge is -2.03. The molecule has 0 unspecified atom stereocenters. The van der Waals surface area contributed by atoms with Crippen molar-refractivity contribution in [2.75, 3.05) is 5.32 Å². The second kappa shape index (κ2) is 4.77. The Kier molecular flexibility index (Phi) is 2.82. The van der Waals surface area contributed by atoms with Crippen LogP contribution in [0, 0.1) is 0 Å². The van der Waals surface area contributed by atoms with Crippen LogP contribution in [-0.4, -0.2) is 16.1 Å². The maximum atomic E-state index is 11.7. The summed E-state index contributed by atoms with van der Waals surface area (Å²) >= 11 is 0. The van der Waals surface area contributed by atoms with Crippen LogP contribution in [0.2, 0.25) is 0 Å². The molecule has 6 heteroatoms. The molecule has 0 aliphatic carbocycles. The average Bonchev–Trinajstić information content (AvgIpc) is 3.13. The number of amides is 1. The van der Waals surface area contributed by atoms with Gasteiger partial charge in [0.25, 0.3) is 5.91 Å². The van der Waals surface area contributed by atoms with E-state index >= 15 is 0 Å². The molecule has 1 amide bonds. The van der Waals surface area contributed by atoms with Gasteiger partial charge in [-0.15, -0.1) is 10.2 Å². The molecule has 2 heterocycles. The highest BCUT2D eigenvalue weighted by molar-refractivity contribution is 6.02. The highest BCUT2D eigenvalue weighted by Crippen LogP contribution is 2.19. The fraction of sp³-hybridized carbons (Fsp3) is 0. The van der Waals surface area contributed by atoms with Gasteiger partial charge in [0.1, 0.15) is 0 Å². The van der Waals surface area contributed by atoms with Crippen molar-refractivity contribution in [1.82, 2.24) is 10.2 Å². The number of benzene rings is 1. The Hall–Kier alpha value is -2.89. The normalized spacial score (nSPS) is 10.3. The molecule has 1 N–H and O–H groups in total. The molecular weight excluding hydrogens is 246 g/mol. The fourth-order valence-corrected chi connectivity index (χ4v) is 1.60. The molecule has 0 radical (unpaired) electrons. The lowest BCUT2D eigenvalue weighted by atomic mass is 10.2. The van der Waals surface area contributed by atoms with E-state index in [1.54, 1.807) is 36.4 Å². The molecule has 19 heavy (non-hydrogen) atoms. The van der Waals surface area contributed by atoms with E-state index in [-0.39, 0.29) is 11.7 Å². The fourth-order valence-electron chi connectivity index (χ4n) is 1.60. The topological polar surface area (TPSA) is 81.2 Å². The summed E-state index contributed by atoms with van der Waals surface area (Å²) in [6.07, 6.45) is 2.72. The number of aromatic nitrogens is 2. The Bertz CT molecular complexity index is 658. The summed E-state index contributed by atoms with van der Waals surface area (Å²) in [5, 5.41) is 10.1. The summed E-state index contributed by atoms with van der Waals surface area (Å²) in [5.74, 6) is 0.403. The van der Waals surface area contributed by atoms with Gasteiger partial charge < -0.3 is 14.2 Å². The van der Waals surface area contributed by atoms with Crippen LogP contribution in [0.25, 0.3) is 11.5 Å². The smallest absolute Gasteiger partial charge is 0.291 e. The van der Waals surface area contributed by atoms with Gasteiger partial charge in [0, 0.05) is 11.3 Å². The number of hydrogen-bond acceptors (Lipinski definition) is 5. The van der Waals surface area contributed by atoms with Crippen LogP contribution in [-0.2, 0) is 0 Å². The van der Waals surface area contributed by atoms with E-state index in [1.807, 2.05) is 0 Å². The summed E-state index contributed by atoms with van der Waals surface area (Å²) in [6.45, 7) is 0. The number of nitrogens with zero attached hydrogens (tertiary/aromatic N) is 2. The van der Waals surface area contributed by atoms with Gasteiger partial charge in [-0.05, 0) is 36.4 Å². The number of rotatable bonds is 3.